The van der Waals surface area contributed by atoms with E-state index in [-0.39, 0.29) is 11.5 Å². The summed E-state index contributed by atoms with van der Waals surface area (Å²) in [7, 11) is 3.05. The number of amides is 2. The molecule has 2 fully saturated rings. The number of halogens is 3. The first-order chi connectivity index (χ1) is 13.0. The number of carbonyl (C=O) groups excluding carboxylic acids is 3. The highest BCUT2D eigenvalue weighted by Crippen LogP contribution is 2.45. The van der Waals surface area contributed by atoms with E-state index in [0.29, 0.717) is 12.8 Å². The van der Waals surface area contributed by atoms with E-state index in [2.05, 4.69) is 10.4 Å². The third-order valence-corrected chi connectivity index (χ3v) is 5.14. The monoisotopic (exact) mass is 398 g/mol. The van der Waals surface area contributed by atoms with Crippen LogP contribution in [0.1, 0.15) is 30.5 Å². The molecule has 0 bridgehead atoms. The fourth-order valence-corrected chi connectivity index (χ4v) is 4.08. The molecule has 3 rings (SSSR count). The largest absolute Gasteiger partial charge is 0.416 e. The van der Waals surface area contributed by atoms with Crippen molar-refractivity contribution in [1.29, 1.82) is 0 Å². The molecule has 0 spiro atoms. The van der Waals surface area contributed by atoms with Crippen molar-refractivity contribution in [3.8, 4) is 0 Å². The number of aromatic nitrogens is 1. The van der Waals surface area contributed by atoms with Gasteiger partial charge in [-0.3, -0.25) is 24.7 Å². The number of alkyl halides is 3. The zero-order valence-corrected chi connectivity index (χ0v) is 15.7. The Morgan fingerprint density at radius 1 is 1.25 bits per heavy atom. The minimum Gasteiger partial charge on any atom is -0.286 e. The molecule has 3 unspecified atom stereocenters. The van der Waals surface area contributed by atoms with Crippen LogP contribution in [0.15, 0.2) is 12.1 Å². The first kappa shape index (κ1) is 20.2. The Morgan fingerprint density at radius 3 is 2.54 bits per heavy atom. The molecule has 1 N–H and O–H groups in total. The minimum atomic E-state index is -4.62. The van der Waals surface area contributed by atoms with Crippen molar-refractivity contribution in [2.24, 2.45) is 11.8 Å². The number of nitrogens with zero attached hydrogens (tertiary/aromatic N) is 3. The van der Waals surface area contributed by atoms with Gasteiger partial charge in [0.25, 0.3) is 0 Å². The first-order valence-corrected chi connectivity index (χ1v) is 8.92. The quantitative estimate of drug-likeness (QED) is 0.617. The highest BCUT2D eigenvalue weighted by atomic mass is 19.4. The molecule has 10 heteroatoms. The van der Waals surface area contributed by atoms with Crippen molar-refractivity contribution in [3.05, 3.63) is 23.4 Å². The van der Waals surface area contributed by atoms with E-state index in [0.717, 1.165) is 23.5 Å². The van der Waals surface area contributed by atoms with E-state index < -0.39 is 47.2 Å². The summed E-state index contributed by atoms with van der Waals surface area (Å²) >= 11 is 0. The van der Waals surface area contributed by atoms with Crippen LogP contribution in [-0.4, -0.2) is 47.7 Å². The van der Waals surface area contributed by atoms with Crippen LogP contribution >= 0.6 is 0 Å². The smallest absolute Gasteiger partial charge is 0.286 e. The normalized spacial score (nSPS) is 24.6. The Morgan fingerprint density at radius 2 is 1.93 bits per heavy atom. The van der Waals surface area contributed by atoms with Gasteiger partial charge in [0.1, 0.15) is 11.9 Å². The van der Waals surface area contributed by atoms with Gasteiger partial charge in [0, 0.05) is 25.7 Å². The number of pyridine rings is 1. The number of aryl methyl sites for hydroxylation is 1. The van der Waals surface area contributed by atoms with E-state index in [1.807, 2.05) is 0 Å². The molecule has 1 saturated carbocycles. The van der Waals surface area contributed by atoms with Crippen molar-refractivity contribution in [2.45, 2.75) is 38.4 Å². The lowest BCUT2D eigenvalue weighted by molar-refractivity contribution is -0.141. The molecule has 3 atom stereocenters. The Kier molecular flexibility index (Phi) is 5.18. The fourth-order valence-electron chi connectivity index (χ4n) is 4.08. The molecule has 1 aliphatic carbocycles. The maximum Gasteiger partial charge on any atom is 0.416 e. The van der Waals surface area contributed by atoms with Gasteiger partial charge in [-0.1, -0.05) is 6.42 Å². The molecule has 2 aliphatic rings. The average molecular weight is 398 g/mol. The molecule has 152 valence electrons. The second kappa shape index (κ2) is 7.16. The molecule has 1 saturated heterocycles. The number of nitrogens with one attached hydrogen (secondary N) is 1. The predicted molar refractivity (Wildman–Crippen MR) is 92.9 cm³/mol. The standard InChI is InChI=1S/C18H21F3N4O3/c1-9-7-10(18(19,20)21)8-13(22-9)25-14(15(26)16(27)23-24(2)3)11-5-4-6-12(11)17(25)28/h7-8,11-12,14H,4-6H2,1-3H3,(H,23,27). The molecule has 7 nitrogen and oxygen atoms in total. The first-order valence-electron chi connectivity index (χ1n) is 8.92. The van der Waals surface area contributed by atoms with Gasteiger partial charge < -0.3 is 0 Å². The van der Waals surface area contributed by atoms with Crippen molar-refractivity contribution < 1.29 is 27.6 Å². The predicted octanol–water partition coefficient (Wildman–Crippen LogP) is 1.70. The molecular weight excluding hydrogens is 377 g/mol. The van der Waals surface area contributed by atoms with E-state index >= 15 is 0 Å². The van der Waals surface area contributed by atoms with Crippen LogP contribution in [0.25, 0.3) is 0 Å². The number of hydrazine groups is 1. The van der Waals surface area contributed by atoms with Crippen LogP contribution in [0, 0.1) is 18.8 Å². The van der Waals surface area contributed by atoms with Crippen LogP contribution in [0.5, 0.6) is 0 Å². The molecule has 1 aromatic rings. The number of rotatable bonds is 4. The molecule has 0 radical (unpaired) electrons. The van der Waals surface area contributed by atoms with E-state index in [1.54, 1.807) is 0 Å². The van der Waals surface area contributed by atoms with Crippen molar-refractivity contribution >= 4 is 23.4 Å². The maximum absolute atomic E-state index is 13.2. The summed E-state index contributed by atoms with van der Waals surface area (Å²) in [4.78, 5) is 43.1. The Bertz CT molecular complexity index is 825. The van der Waals surface area contributed by atoms with Gasteiger partial charge in [-0.25, -0.2) is 9.99 Å². The van der Waals surface area contributed by atoms with Crippen LogP contribution in [-0.2, 0) is 20.6 Å². The third kappa shape index (κ3) is 3.60. The number of carbonyl (C=O) groups is 3. The average Bonchev–Trinajstić information content (AvgIpc) is 3.14. The SMILES string of the molecule is Cc1cc(C(F)(F)F)cc(N2C(=O)C3CCCC3C2C(=O)C(=O)NN(C)C)n1. The van der Waals surface area contributed by atoms with Crippen molar-refractivity contribution in [3.63, 3.8) is 0 Å². The second-order valence-electron chi connectivity index (χ2n) is 7.41. The molecule has 2 heterocycles. The zero-order valence-electron chi connectivity index (χ0n) is 15.7. The topological polar surface area (TPSA) is 82.6 Å². The van der Waals surface area contributed by atoms with Gasteiger partial charge in [-0.2, -0.15) is 13.2 Å². The van der Waals surface area contributed by atoms with Gasteiger partial charge >= 0.3 is 12.1 Å². The number of hydrogen-bond acceptors (Lipinski definition) is 5. The van der Waals surface area contributed by atoms with Crippen LogP contribution in [0.4, 0.5) is 19.0 Å². The van der Waals surface area contributed by atoms with Crippen LogP contribution in [0.3, 0.4) is 0 Å². The zero-order chi connectivity index (χ0) is 20.8. The summed E-state index contributed by atoms with van der Waals surface area (Å²) in [6.45, 7) is 1.38. The maximum atomic E-state index is 13.2. The molecule has 2 amide bonds. The number of fused-ring (bicyclic) bond motifs is 1. The van der Waals surface area contributed by atoms with Gasteiger partial charge in [-0.15, -0.1) is 0 Å². The lowest BCUT2D eigenvalue weighted by Crippen LogP contribution is -2.51. The highest BCUT2D eigenvalue weighted by Gasteiger charge is 2.55. The number of anilines is 1. The fraction of sp³-hybridized carbons (Fsp3) is 0.556. The molecular formula is C18H21F3N4O3. The Labute approximate surface area is 159 Å². The van der Waals surface area contributed by atoms with Gasteiger partial charge in [0.2, 0.25) is 11.7 Å². The molecule has 0 aromatic carbocycles. The summed E-state index contributed by atoms with van der Waals surface area (Å²) in [5.41, 5.74) is 1.45. The summed E-state index contributed by atoms with van der Waals surface area (Å²) in [6.07, 6.45) is -2.81. The van der Waals surface area contributed by atoms with Crippen LogP contribution < -0.4 is 10.3 Å². The molecule has 28 heavy (non-hydrogen) atoms. The lowest BCUT2D eigenvalue weighted by Gasteiger charge is -2.27. The van der Waals surface area contributed by atoms with E-state index in [4.69, 9.17) is 0 Å². The van der Waals surface area contributed by atoms with Crippen molar-refractivity contribution in [2.75, 3.05) is 19.0 Å². The summed E-state index contributed by atoms with van der Waals surface area (Å²) in [6, 6.07) is 0.478. The van der Waals surface area contributed by atoms with Gasteiger partial charge in [0.15, 0.2) is 0 Å². The Balaban J connectivity index is 2.05. The summed E-state index contributed by atoms with van der Waals surface area (Å²) in [5, 5.41) is 1.29. The number of ketones is 1. The summed E-state index contributed by atoms with van der Waals surface area (Å²) < 4.78 is 39.7. The highest BCUT2D eigenvalue weighted by molar-refractivity contribution is 6.40. The molecule has 1 aliphatic heterocycles. The Hall–Kier alpha value is -2.49. The van der Waals surface area contributed by atoms with Gasteiger partial charge in [-0.05, 0) is 37.8 Å². The molecule has 1 aromatic heterocycles. The number of hydrogen-bond donors (Lipinski definition) is 1. The third-order valence-electron chi connectivity index (χ3n) is 5.14. The lowest BCUT2D eigenvalue weighted by atomic mass is 9.91. The minimum absolute atomic E-state index is 0.0682. The van der Waals surface area contributed by atoms with Gasteiger partial charge in [0.05, 0.1) is 5.56 Å². The van der Waals surface area contributed by atoms with E-state index in [1.165, 1.54) is 26.0 Å². The van der Waals surface area contributed by atoms with Crippen LogP contribution in [0.2, 0.25) is 0 Å². The number of Topliss-reactive ketones (excluding diaryl/α,β-unsaturated/α-hetero) is 1. The summed E-state index contributed by atoms with van der Waals surface area (Å²) in [5.74, 6) is -3.37. The van der Waals surface area contributed by atoms with E-state index in [9.17, 15) is 27.6 Å². The second-order valence-corrected chi connectivity index (χ2v) is 7.41. The van der Waals surface area contributed by atoms with Crippen molar-refractivity contribution in [1.82, 2.24) is 15.4 Å².